The van der Waals surface area contributed by atoms with Gasteiger partial charge < -0.3 is 9.47 Å². The lowest BCUT2D eigenvalue weighted by Crippen LogP contribution is -2.04. The van der Waals surface area contributed by atoms with E-state index in [-0.39, 0.29) is 10.7 Å². The summed E-state index contributed by atoms with van der Waals surface area (Å²) in [6.07, 6.45) is 1.37. The van der Waals surface area contributed by atoms with Crippen LogP contribution in [0.1, 0.15) is 10.4 Å². The van der Waals surface area contributed by atoms with Crippen molar-refractivity contribution in [2.75, 3.05) is 14.2 Å². The third kappa shape index (κ3) is 2.09. The topological polar surface area (TPSA) is 48.4 Å². The van der Waals surface area contributed by atoms with E-state index in [2.05, 4.69) is 9.72 Å². The molecule has 5 heteroatoms. The molecule has 0 atom stereocenters. The first-order valence-electron chi connectivity index (χ1n) is 3.47. The molecule has 1 aromatic rings. The fourth-order valence-corrected chi connectivity index (χ4v) is 1.01. The van der Waals surface area contributed by atoms with Crippen LogP contribution in [0.5, 0.6) is 5.75 Å². The van der Waals surface area contributed by atoms with Crippen molar-refractivity contribution in [3.8, 4) is 5.75 Å². The molecule has 4 nitrogen and oxygen atoms in total. The predicted octanol–water partition coefficient (Wildman–Crippen LogP) is 1.53. The second-order valence-corrected chi connectivity index (χ2v) is 2.59. The molecule has 0 saturated carbocycles. The number of carbonyl (C=O) groups excluding carboxylic acids is 1. The molecule has 0 aliphatic heterocycles. The van der Waals surface area contributed by atoms with Crippen molar-refractivity contribution in [2.24, 2.45) is 0 Å². The number of pyridine rings is 1. The van der Waals surface area contributed by atoms with E-state index in [1.54, 1.807) is 0 Å². The van der Waals surface area contributed by atoms with Gasteiger partial charge in [0.15, 0.2) is 5.75 Å². The van der Waals surface area contributed by atoms with Crippen LogP contribution < -0.4 is 4.74 Å². The lowest BCUT2D eigenvalue weighted by Gasteiger charge is -2.05. The highest BCUT2D eigenvalue weighted by Crippen LogP contribution is 2.20. The van der Waals surface area contributed by atoms with Gasteiger partial charge in [-0.05, 0) is 6.07 Å². The number of hydrogen-bond donors (Lipinski definition) is 0. The Labute approximate surface area is 80.4 Å². The van der Waals surface area contributed by atoms with Gasteiger partial charge >= 0.3 is 5.97 Å². The summed E-state index contributed by atoms with van der Waals surface area (Å²) < 4.78 is 9.43. The molecule has 0 spiro atoms. The third-order valence-corrected chi connectivity index (χ3v) is 1.67. The van der Waals surface area contributed by atoms with Crippen molar-refractivity contribution in [1.82, 2.24) is 4.98 Å². The lowest BCUT2D eigenvalue weighted by molar-refractivity contribution is 0.0597. The Balaban J connectivity index is 3.15. The molecule has 1 aromatic heterocycles. The monoisotopic (exact) mass is 201 g/mol. The number of aromatic nitrogens is 1. The minimum absolute atomic E-state index is 0.223. The van der Waals surface area contributed by atoms with Gasteiger partial charge in [-0.1, -0.05) is 11.6 Å². The van der Waals surface area contributed by atoms with Gasteiger partial charge in [-0.2, -0.15) is 0 Å². The maximum absolute atomic E-state index is 11.2. The fraction of sp³-hybridized carbons (Fsp3) is 0.250. The zero-order chi connectivity index (χ0) is 9.84. The minimum Gasteiger partial charge on any atom is -0.494 e. The largest absolute Gasteiger partial charge is 0.494 e. The van der Waals surface area contributed by atoms with Crippen molar-refractivity contribution in [3.63, 3.8) is 0 Å². The van der Waals surface area contributed by atoms with E-state index in [1.165, 1.54) is 26.5 Å². The highest BCUT2D eigenvalue weighted by molar-refractivity contribution is 6.29. The maximum atomic E-state index is 11.2. The van der Waals surface area contributed by atoms with Crippen LogP contribution in [0, 0.1) is 0 Å². The third-order valence-electron chi connectivity index (χ3n) is 1.46. The summed E-state index contributed by atoms with van der Waals surface area (Å²) in [6.45, 7) is 0. The summed E-state index contributed by atoms with van der Waals surface area (Å²) in [5.74, 6) is -0.155. The van der Waals surface area contributed by atoms with E-state index in [0.29, 0.717) is 5.75 Å². The second-order valence-electron chi connectivity index (χ2n) is 2.20. The molecule has 1 rings (SSSR count). The summed E-state index contributed by atoms with van der Waals surface area (Å²) in [6, 6.07) is 1.40. The Bertz CT molecular complexity index is 327. The first-order valence-corrected chi connectivity index (χ1v) is 3.84. The fourth-order valence-electron chi connectivity index (χ4n) is 0.849. The summed E-state index contributed by atoms with van der Waals surface area (Å²) in [5.41, 5.74) is 0.269. The Hall–Kier alpha value is -1.29. The number of rotatable bonds is 2. The van der Waals surface area contributed by atoms with Crippen molar-refractivity contribution in [1.29, 1.82) is 0 Å². The predicted molar refractivity (Wildman–Crippen MR) is 47.1 cm³/mol. The molecule has 0 N–H and O–H groups in total. The molecule has 0 unspecified atom stereocenters. The van der Waals surface area contributed by atoms with Gasteiger partial charge in [-0.15, -0.1) is 0 Å². The van der Waals surface area contributed by atoms with Crippen LogP contribution >= 0.6 is 11.6 Å². The number of ether oxygens (including phenoxy) is 2. The molecule has 13 heavy (non-hydrogen) atoms. The van der Waals surface area contributed by atoms with Crippen LogP contribution in [-0.4, -0.2) is 25.2 Å². The number of carbonyl (C=O) groups is 1. The number of nitrogens with zero attached hydrogens (tertiary/aromatic N) is 1. The highest BCUT2D eigenvalue weighted by Gasteiger charge is 2.13. The number of esters is 1. The Kier molecular flexibility index (Phi) is 3.08. The molecular weight excluding hydrogens is 194 g/mol. The normalized spacial score (nSPS) is 9.46. The lowest BCUT2D eigenvalue weighted by atomic mass is 10.2. The molecule has 70 valence electrons. The van der Waals surface area contributed by atoms with Gasteiger partial charge in [0.2, 0.25) is 0 Å². The van der Waals surface area contributed by atoms with Gasteiger partial charge in [-0.25, -0.2) is 9.78 Å². The van der Waals surface area contributed by atoms with Crippen LogP contribution in [0.4, 0.5) is 0 Å². The Morgan fingerprint density at radius 3 is 2.77 bits per heavy atom. The zero-order valence-corrected chi connectivity index (χ0v) is 7.96. The van der Waals surface area contributed by atoms with Gasteiger partial charge in [0, 0.05) is 0 Å². The van der Waals surface area contributed by atoms with Crippen LogP contribution in [0.2, 0.25) is 5.15 Å². The Morgan fingerprint density at radius 1 is 1.54 bits per heavy atom. The minimum atomic E-state index is -0.499. The SMILES string of the molecule is COC(=O)c1cc(Cl)ncc1OC. The average Bonchev–Trinajstić information content (AvgIpc) is 2.16. The van der Waals surface area contributed by atoms with E-state index in [9.17, 15) is 4.79 Å². The molecule has 0 radical (unpaired) electrons. The molecule has 0 amide bonds. The highest BCUT2D eigenvalue weighted by atomic mass is 35.5. The summed E-state index contributed by atoms with van der Waals surface area (Å²) in [5, 5.41) is 0.223. The zero-order valence-electron chi connectivity index (χ0n) is 7.20. The standard InChI is InChI=1S/C8H8ClNO3/c1-12-6-4-10-7(9)3-5(6)8(11)13-2/h3-4H,1-2H3. The van der Waals surface area contributed by atoms with Gasteiger partial charge in [0.1, 0.15) is 10.7 Å². The number of halogens is 1. The number of methoxy groups -OCH3 is 2. The van der Waals surface area contributed by atoms with Crippen LogP contribution in [0.3, 0.4) is 0 Å². The molecule has 0 aliphatic carbocycles. The van der Waals surface area contributed by atoms with E-state index in [4.69, 9.17) is 16.3 Å². The van der Waals surface area contributed by atoms with E-state index < -0.39 is 5.97 Å². The number of hydrogen-bond acceptors (Lipinski definition) is 4. The Morgan fingerprint density at radius 2 is 2.23 bits per heavy atom. The summed E-state index contributed by atoms with van der Waals surface area (Å²) >= 11 is 5.60. The van der Waals surface area contributed by atoms with Crippen molar-refractivity contribution in [3.05, 3.63) is 23.0 Å². The van der Waals surface area contributed by atoms with Gasteiger partial charge in [-0.3, -0.25) is 0 Å². The second kappa shape index (κ2) is 4.09. The van der Waals surface area contributed by atoms with Crippen molar-refractivity contribution >= 4 is 17.6 Å². The van der Waals surface area contributed by atoms with Crippen LogP contribution in [0.15, 0.2) is 12.3 Å². The molecule has 0 aliphatic rings. The van der Waals surface area contributed by atoms with Crippen LogP contribution in [0.25, 0.3) is 0 Å². The first-order chi connectivity index (χ1) is 6.19. The molecule has 0 bridgehead atoms. The summed E-state index contributed by atoms with van der Waals surface area (Å²) in [4.78, 5) is 14.9. The molecule has 0 saturated heterocycles. The van der Waals surface area contributed by atoms with Crippen molar-refractivity contribution < 1.29 is 14.3 Å². The molecule has 0 fully saturated rings. The van der Waals surface area contributed by atoms with Gasteiger partial charge in [0.25, 0.3) is 0 Å². The quantitative estimate of drug-likeness (QED) is 0.538. The van der Waals surface area contributed by atoms with Crippen LogP contribution in [-0.2, 0) is 4.74 Å². The smallest absolute Gasteiger partial charge is 0.341 e. The average molecular weight is 202 g/mol. The molecule has 0 aromatic carbocycles. The van der Waals surface area contributed by atoms with E-state index in [0.717, 1.165) is 0 Å². The van der Waals surface area contributed by atoms with E-state index >= 15 is 0 Å². The summed E-state index contributed by atoms with van der Waals surface area (Å²) in [7, 11) is 2.73. The van der Waals surface area contributed by atoms with Crippen molar-refractivity contribution in [2.45, 2.75) is 0 Å². The van der Waals surface area contributed by atoms with Gasteiger partial charge in [0.05, 0.1) is 20.4 Å². The maximum Gasteiger partial charge on any atom is 0.341 e. The van der Waals surface area contributed by atoms with E-state index in [1.807, 2.05) is 0 Å². The first kappa shape index (κ1) is 9.80. The molecule has 1 heterocycles. The molecular formula is C8H8ClNO3.